The van der Waals surface area contributed by atoms with Gasteiger partial charge in [-0.2, -0.15) is 0 Å². The van der Waals surface area contributed by atoms with E-state index >= 15 is 0 Å². The Bertz CT molecular complexity index is 364. The summed E-state index contributed by atoms with van der Waals surface area (Å²) in [4.78, 5) is 1.24. The Hall–Kier alpha value is -0.630. The molecule has 1 aromatic rings. The molecule has 0 atom stereocenters. The van der Waals surface area contributed by atoms with Gasteiger partial charge in [-0.15, -0.1) is 11.8 Å². The first-order valence-corrected chi connectivity index (χ1v) is 6.91. The largest absolute Gasteiger partial charge is 0.495 e. The molecule has 90 valence electrons. The van der Waals surface area contributed by atoms with Crippen molar-refractivity contribution in [1.82, 2.24) is 0 Å². The molecule has 0 aliphatic carbocycles. The monoisotopic (exact) mass is 238 g/mol. The van der Waals surface area contributed by atoms with Gasteiger partial charge in [0.2, 0.25) is 0 Å². The van der Waals surface area contributed by atoms with Gasteiger partial charge >= 0.3 is 0 Å². The third-order valence-corrected chi connectivity index (χ3v) is 3.50. The second-order valence-corrected chi connectivity index (χ2v) is 5.83. The summed E-state index contributed by atoms with van der Waals surface area (Å²) in [5, 5.41) is 0. The second kappa shape index (κ2) is 5.13. The SMILES string of the molecule is CCc1cc(SC)c(OC)c(C(C)(C)C)c1. The van der Waals surface area contributed by atoms with Crippen molar-refractivity contribution in [3.05, 3.63) is 23.3 Å². The van der Waals surface area contributed by atoms with Crippen molar-refractivity contribution >= 4 is 11.8 Å². The number of ether oxygens (including phenoxy) is 1. The van der Waals surface area contributed by atoms with Crippen molar-refractivity contribution in [2.24, 2.45) is 0 Å². The Balaban J connectivity index is 3.43. The molecule has 0 N–H and O–H groups in total. The molecule has 0 aliphatic rings. The lowest BCUT2D eigenvalue weighted by molar-refractivity contribution is 0.387. The van der Waals surface area contributed by atoms with E-state index in [1.807, 2.05) is 0 Å². The van der Waals surface area contributed by atoms with Crippen LogP contribution in [0.1, 0.15) is 38.8 Å². The van der Waals surface area contributed by atoms with Crippen molar-refractivity contribution in [2.75, 3.05) is 13.4 Å². The zero-order chi connectivity index (χ0) is 12.3. The van der Waals surface area contributed by atoms with Crippen LogP contribution in [0, 0.1) is 0 Å². The highest BCUT2D eigenvalue weighted by atomic mass is 32.2. The fraction of sp³-hybridized carbons (Fsp3) is 0.571. The van der Waals surface area contributed by atoms with Crippen molar-refractivity contribution < 1.29 is 4.74 Å². The van der Waals surface area contributed by atoms with E-state index in [1.54, 1.807) is 18.9 Å². The highest BCUT2D eigenvalue weighted by Crippen LogP contribution is 2.39. The zero-order valence-corrected chi connectivity index (χ0v) is 12.0. The minimum Gasteiger partial charge on any atom is -0.495 e. The van der Waals surface area contributed by atoms with Gasteiger partial charge in [0.05, 0.1) is 7.11 Å². The van der Waals surface area contributed by atoms with Crippen LogP contribution in [0.25, 0.3) is 0 Å². The third-order valence-electron chi connectivity index (χ3n) is 2.75. The molecule has 1 aromatic carbocycles. The number of hydrogen-bond acceptors (Lipinski definition) is 2. The van der Waals surface area contributed by atoms with E-state index in [0.717, 1.165) is 12.2 Å². The fourth-order valence-electron chi connectivity index (χ4n) is 1.78. The van der Waals surface area contributed by atoms with Crippen LogP contribution < -0.4 is 4.74 Å². The summed E-state index contributed by atoms with van der Waals surface area (Å²) in [5.74, 6) is 1.04. The van der Waals surface area contributed by atoms with E-state index < -0.39 is 0 Å². The number of rotatable bonds is 3. The molecule has 0 saturated carbocycles. The number of hydrogen-bond donors (Lipinski definition) is 0. The Morgan fingerprint density at radius 1 is 1.25 bits per heavy atom. The molecule has 0 saturated heterocycles. The lowest BCUT2D eigenvalue weighted by Gasteiger charge is -2.24. The summed E-state index contributed by atoms with van der Waals surface area (Å²) in [5.41, 5.74) is 2.81. The second-order valence-electron chi connectivity index (χ2n) is 4.98. The molecule has 0 spiro atoms. The normalized spacial score (nSPS) is 11.6. The van der Waals surface area contributed by atoms with Gasteiger partial charge in [-0.25, -0.2) is 0 Å². The first kappa shape index (κ1) is 13.4. The topological polar surface area (TPSA) is 9.23 Å². The van der Waals surface area contributed by atoms with Gasteiger partial charge in [0.1, 0.15) is 5.75 Å². The molecule has 1 rings (SSSR count). The molecule has 16 heavy (non-hydrogen) atoms. The molecular formula is C14H22OS. The maximum atomic E-state index is 5.57. The Morgan fingerprint density at radius 2 is 1.88 bits per heavy atom. The molecule has 0 heterocycles. The van der Waals surface area contributed by atoms with Gasteiger partial charge in [-0.05, 0) is 29.7 Å². The molecule has 2 heteroatoms. The highest BCUT2D eigenvalue weighted by molar-refractivity contribution is 7.98. The molecule has 0 radical (unpaired) electrons. The Morgan fingerprint density at radius 3 is 2.25 bits per heavy atom. The van der Waals surface area contributed by atoms with Gasteiger partial charge in [-0.3, -0.25) is 0 Å². The molecular weight excluding hydrogens is 216 g/mol. The van der Waals surface area contributed by atoms with Crippen molar-refractivity contribution in [2.45, 2.75) is 44.4 Å². The van der Waals surface area contributed by atoms with Crippen LogP contribution in [-0.2, 0) is 11.8 Å². The zero-order valence-electron chi connectivity index (χ0n) is 11.2. The van der Waals surface area contributed by atoms with Crippen LogP contribution in [0.5, 0.6) is 5.75 Å². The van der Waals surface area contributed by atoms with E-state index in [0.29, 0.717) is 0 Å². The standard InChI is InChI=1S/C14H22OS/c1-7-10-8-11(14(2,3)4)13(15-5)12(9-10)16-6/h8-9H,7H2,1-6H3. The predicted octanol–water partition coefficient (Wildman–Crippen LogP) is 4.28. The molecule has 0 bridgehead atoms. The summed E-state index contributed by atoms with van der Waals surface area (Å²) in [6.07, 6.45) is 3.17. The summed E-state index contributed by atoms with van der Waals surface area (Å²) in [6.45, 7) is 8.88. The fourth-order valence-corrected chi connectivity index (χ4v) is 2.43. The smallest absolute Gasteiger partial charge is 0.136 e. The predicted molar refractivity (Wildman–Crippen MR) is 72.9 cm³/mol. The van der Waals surface area contributed by atoms with Crippen LogP contribution in [0.3, 0.4) is 0 Å². The number of methoxy groups -OCH3 is 1. The summed E-state index contributed by atoms with van der Waals surface area (Å²) >= 11 is 1.75. The number of aryl methyl sites for hydroxylation is 1. The lowest BCUT2D eigenvalue weighted by Crippen LogP contribution is -2.14. The molecule has 0 aromatic heterocycles. The highest BCUT2D eigenvalue weighted by Gasteiger charge is 2.21. The minimum absolute atomic E-state index is 0.126. The molecule has 0 fully saturated rings. The van der Waals surface area contributed by atoms with E-state index in [9.17, 15) is 0 Å². The summed E-state index contributed by atoms with van der Waals surface area (Å²) in [6, 6.07) is 4.51. The van der Waals surface area contributed by atoms with Gasteiger partial charge in [0, 0.05) is 10.5 Å². The Kier molecular flexibility index (Phi) is 4.31. The first-order chi connectivity index (χ1) is 7.43. The molecule has 1 nitrogen and oxygen atoms in total. The lowest BCUT2D eigenvalue weighted by atomic mass is 9.85. The van der Waals surface area contributed by atoms with Crippen LogP contribution >= 0.6 is 11.8 Å². The molecule has 0 unspecified atom stereocenters. The summed E-state index contributed by atoms with van der Waals surface area (Å²) in [7, 11) is 1.76. The van der Waals surface area contributed by atoms with E-state index in [1.165, 1.54) is 16.0 Å². The minimum atomic E-state index is 0.126. The number of thioether (sulfide) groups is 1. The van der Waals surface area contributed by atoms with Crippen molar-refractivity contribution in [3.8, 4) is 5.75 Å². The van der Waals surface area contributed by atoms with Gasteiger partial charge in [0.25, 0.3) is 0 Å². The third kappa shape index (κ3) is 2.73. The van der Waals surface area contributed by atoms with E-state index in [4.69, 9.17) is 4.74 Å². The van der Waals surface area contributed by atoms with Crippen LogP contribution in [0.4, 0.5) is 0 Å². The number of benzene rings is 1. The van der Waals surface area contributed by atoms with Gasteiger partial charge in [0.15, 0.2) is 0 Å². The van der Waals surface area contributed by atoms with Gasteiger partial charge < -0.3 is 4.74 Å². The van der Waals surface area contributed by atoms with Crippen molar-refractivity contribution in [3.63, 3.8) is 0 Å². The van der Waals surface area contributed by atoms with Crippen LogP contribution in [-0.4, -0.2) is 13.4 Å². The average Bonchev–Trinajstić information content (AvgIpc) is 2.25. The quantitative estimate of drug-likeness (QED) is 0.727. The average molecular weight is 238 g/mol. The molecule has 0 amide bonds. The van der Waals surface area contributed by atoms with Crippen LogP contribution in [0.15, 0.2) is 17.0 Å². The maximum Gasteiger partial charge on any atom is 0.136 e. The van der Waals surface area contributed by atoms with Crippen molar-refractivity contribution in [1.29, 1.82) is 0 Å². The van der Waals surface area contributed by atoms with E-state index in [-0.39, 0.29) is 5.41 Å². The Labute approximate surface area is 104 Å². The summed E-state index contributed by atoms with van der Waals surface area (Å²) < 4.78 is 5.57. The molecule has 0 aliphatic heterocycles. The van der Waals surface area contributed by atoms with Gasteiger partial charge in [-0.1, -0.05) is 33.8 Å². The van der Waals surface area contributed by atoms with E-state index in [2.05, 4.69) is 46.1 Å². The maximum absolute atomic E-state index is 5.57. The first-order valence-electron chi connectivity index (χ1n) is 5.69. The van der Waals surface area contributed by atoms with Crippen LogP contribution in [0.2, 0.25) is 0 Å².